The summed E-state index contributed by atoms with van der Waals surface area (Å²) in [6.07, 6.45) is 3.06. The van der Waals surface area contributed by atoms with Crippen molar-refractivity contribution in [3.63, 3.8) is 0 Å². The number of amides is 2. The third kappa shape index (κ3) is 3.89. The largest absolute Gasteiger partial charge is 0.318 e. The fourth-order valence-electron chi connectivity index (χ4n) is 2.66. The van der Waals surface area contributed by atoms with Gasteiger partial charge in [0, 0.05) is 17.4 Å². The van der Waals surface area contributed by atoms with Crippen molar-refractivity contribution in [3.8, 4) is 10.6 Å². The van der Waals surface area contributed by atoms with Crippen LogP contribution in [0.3, 0.4) is 0 Å². The summed E-state index contributed by atoms with van der Waals surface area (Å²) in [6, 6.07) is 16.8. The molecule has 0 bridgehead atoms. The Morgan fingerprint density at radius 1 is 0.929 bits per heavy atom. The van der Waals surface area contributed by atoms with Gasteiger partial charge in [0.15, 0.2) is 0 Å². The Balaban J connectivity index is 1.45. The quantitative estimate of drug-likeness (QED) is 0.514. The summed E-state index contributed by atoms with van der Waals surface area (Å²) in [6.45, 7) is 2.06. The molecule has 0 spiro atoms. The Morgan fingerprint density at radius 3 is 2.39 bits per heavy atom. The number of carbonyl (C=O) groups is 2. The first-order valence-electron chi connectivity index (χ1n) is 8.58. The molecule has 0 aliphatic carbocycles. The molecule has 2 aromatic carbocycles. The molecule has 0 saturated heterocycles. The number of pyridine rings is 1. The van der Waals surface area contributed by atoms with Gasteiger partial charge in [-0.2, -0.15) is 0 Å². The number of aryl methyl sites for hydroxylation is 1. The molecule has 0 aliphatic rings. The van der Waals surface area contributed by atoms with E-state index >= 15 is 0 Å². The molecule has 6 nitrogen and oxygen atoms in total. The summed E-state index contributed by atoms with van der Waals surface area (Å²) < 4.78 is 1.14. The molecular weight excluding hydrogens is 372 g/mol. The molecule has 2 aromatic heterocycles. The molecule has 4 rings (SSSR count). The minimum Gasteiger partial charge on any atom is -0.318 e. The van der Waals surface area contributed by atoms with Gasteiger partial charge in [-0.15, -0.1) is 11.3 Å². The van der Waals surface area contributed by atoms with E-state index in [0.29, 0.717) is 11.4 Å². The van der Waals surface area contributed by atoms with E-state index in [-0.39, 0.29) is 0 Å². The Hall–Kier alpha value is -3.58. The molecule has 0 atom stereocenters. The van der Waals surface area contributed by atoms with Crippen LogP contribution in [0.25, 0.3) is 20.8 Å². The Labute approximate surface area is 165 Å². The molecule has 0 aliphatic heterocycles. The second kappa shape index (κ2) is 7.58. The summed E-state index contributed by atoms with van der Waals surface area (Å²) in [4.78, 5) is 32.6. The van der Waals surface area contributed by atoms with Crippen LogP contribution in [0.15, 0.2) is 67.0 Å². The zero-order valence-electron chi connectivity index (χ0n) is 15.0. The molecule has 2 amide bonds. The zero-order valence-corrected chi connectivity index (χ0v) is 15.8. The number of nitrogens with zero attached hydrogens (tertiary/aromatic N) is 2. The van der Waals surface area contributed by atoms with Gasteiger partial charge in [0.2, 0.25) is 0 Å². The zero-order chi connectivity index (χ0) is 19.5. The van der Waals surface area contributed by atoms with E-state index in [2.05, 4.69) is 33.6 Å². The van der Waals surface area contributed by atoms with E-state index in [1.807, 2.05) is 24.3 Å². The summed E-state index contributed by atoms with van der Waals surface area (Å²) in [7, 11) is 0. The van der Waals surface area contributed by atoms with Gasteiger partial charge in [-0.05, 0) is 61.0 Å². The SMILES string of the molecule is Cc1ccc2nc(-c3ccc(NC(=O)C(=O)Nc4cccnc4)cc3)sc2c1. The van der Waals surface area contributed by atoms with E-state index in [0.717, 1.165) is 20.8 Å². The highest BCUT2D eigenvalue weighted by molar-refractivity contribution is 7.21. The number of anilines is 2. The van der Waals surface area contributed by atoms with Crippen LogP contribution >= 0.6 is 11.3 Å². The third-order valence-corrected chi connectivity index (χ3v) is 5.13. The summed E-state index contributed by atoms with van der Waals surface area (Å²) in [5.41, 5.74) is 4.12. The number of aromatic nitrogens is 2. The topological polar surface area (TPSA) is 84.0 Å². The number of hydrogen-bond acceptors (Lipinski definition) is 5. The molecule has 28 heavy (non-hydrogen) atoms. The summed E-state index contributed by atoms with van der Waals surface area (Å²) in [5, 5.41) is 5.99. The number of benzene rings is 2. The highest BCUT2D eigenvalue weighted by Crippen LogP contribution is 2.31. The van der Waals surface area contributed by atoms with Crippen LogP contribution in [0.2, 0.25) is 0 Å². The van der Waals surface area contributed by atoms with Gasteiger partial charge in [-0.1, -0.05) is 6.07 Å². The van der Waals surface area contributed by atoms with Gasteiger partial charge in [0.05, 0.1) is 22.1 Å². The van der Waals surface area contributed by atoms with Crippen molar-refractivity contribution in [1.29, 1.82) is 0 Å². The Kier molecular flexibility index (Phi) is 4.82. The molecular formula is C21H16N4O2S. The van der Waals surface area contributed by atoms with Crippen LogP contribution in [-0.4, -0.2) is 21.8 Å². The number of nitrogens with one attached hydrogen (secondary N) is 2. The molecule has 2 N–H and O–H groups in total. The van der Waals surface area contributed by atoms with E-state index in [1.54, 1.807) is 41.8 Å². The van der Waals surface area contributed by atoms with Crippen LogP contribution in [0.1, 0.15) is 5.56 Å². The smallest absolute Gasteiger partial charge is 0.314 e. The van der Waals surface area contributed by atoms with Gasteiger partial charge in [-0.25, -0.2) is 4.98 Å². The lowest BCUT2D eigenvalue weighted by atomic mass is 10.2. The minimum absolute atomic E-state index is 0.462. The standard InChI is InChI=1S/C21H16N4O2S/c1-13-4-9-17-18(11-13)28-21(25-17)14-5-7-15(8-6-14)23-19(26)20(27)24-16-3-2-10-22-12-16/h2-12H,1H3,(H,23,26)(H,24,27). The number of thiazole rings is 1. The number of fused-ring (bicyclic) bond motifs is 1. The maximum atomic E-state index is 12.1. The lowest BCUT2D eigenvalue weighted by Crippen LogP contribution is -2.29. The van der Waals surface area contributed by atoms with Crippen molar-refractivity contribution in [2.24, 2.45) is 0 Å². The first-order valence-corrected chi connectivity index (χ1v) is 9.40. The summed E-state index contributed by atoms with van der Waals surface area (Å²) >= 11 is 1.62. The molecule has 4 aromatic rings. The molecule has 7 heteroatoms. The van der Waals surface area contributed by atoms with Crippen molar-refractivity contribution in [2.75, 3.05) is 10.6 Å². The fraction of sp³-hybridized carbons (Fsp3) is 0.0476. The monoisotopic (exact) mass is 388 g/mol. The predicted octanol–water partition coefficient (Wildman–Crippen LogP) is 4.24. The maximum Gasteiger partial charge on any atom is 0.314 e. The van der Waals surface area contributed by atoms with E-state index in [4.69, 9.17) is 0 Å². The first kappa shape index (κ1) is 17.8. The number of carbonyl (C=O) groups excluding carboxylic acids is 2. The highest BCUT2D eigenvalue weighted by Gasteiger charge is 2.14. The molecule has 138 valence electrons. The van der Waals surface area contributed by atoms with Crippen molar-refractivity contribution < 1.29 is 9.59 Å². The Bertz CT molecular complexity index is 1150. The van der Waals surface area contributed by atoms with Crippen LogP contribution < -0.4 is 10.6 Å². The average Bonchev–Trinajstić information content (AvgIpc) is 3.12. The van der Waals surface area contributed by atoms with Crippen molar-refractivity contribution in [2.45, 2.75) is 6.92 Å². The van der Waals surface area contributed by atoms with E-state index < -0.39 is 11.8 Å². The van der Waals surface area contributed by atoms with Crippen molar-refractivity contribution in [3.05, 3.63) is 72.6 Å². The maximum absolute atomic E-state index is 12.1. The number of hydrogen-bond donors (Lipinski definition) is 2. The number of rotatable bonds is 3. The highest BCUT2D eigenvalue weighted by atomic mass is 32.1. The molecule has 0 fully saturated rings. The van der Waals surface area contributed by atoms with Gasteiger partial charge in [0.25, 0.3) is 0 Å². The molecule has 0 saturated carbocycles. The van der Waals surface area contributed by atoms with E-state index in [1.165, 1.54) is 11.8 Å². The van der Waals surface area contributed by atoms with Crippen molar-refractivity contribution in [1.82, 2.24) is 9.97 Å². The minimum atomic E-state index is -0.751. The lowest BCUT2D eigenvalue weighted by Gasteiger charge is -2.06. The Morgan fingerprint density at radius 2 is 1.68 bits per heavy atom. The summed E-state index contributed by atoms with van der Waals surface area (Å²) in [5.74, 6) is -1.49. The van der Waals surface area contributed by atoms with Gasteiger partial charge >= 0.3 is 11.8 Å². The van der Waals surface area contributed by atoms with Crippen molar-refractivity contribution >= 4 is 44.7 Å². The molecule has 2 heterocycles. The van der Waals surface area contributed by atoms with Crippen LogP contribution in [0.5, 0.6) is 0 Å². The van der Waals surface area contributed by atoms with Crippen LogP contribution in [0.4, 0.5) is 11.4 Å². The van der Waals surface area contributed by atoms with Gasteiger partial charge in [0.1, 0.15) is 5.01 Å². The van der Waals surface area contributed by atoms with Crippen LogP contribution in [0, 0.1) is 6.92 Å². The van der Waals surface area contributed by atoms with Gasteiger partial charge < -0.3 is 10.6 Å². The third-order valence-electron chi connectivity index (χ3n) is 4.06. The normalized spacial score (nSPS) is 10.6. The predicted molar refractivity (Wildman–Crippen MR) is 111 cm³/mol. The van der Waals surface area contributed by atoms with E-state index in [9.17, 15) is 9.59 Å². The van der Waals surface area contributed by atoms with Gasteiger partial charge in [-0.3, -0.25) is 14.6 Å². The first-order chi connectivity index (χ1) is 13.6. The molecule has 0 unspecified atom stereocenters. The van der Waals surface area contributed by atoms with Crippen LogP contribution in [-0.2, 0) is 9.59 Å². The second-order valence-corrected chi connectivity index (χ2v) is 7.25. The second-order valence-electron chi connectivity index (χ2n) is 6.22. The average molecular weight is 388 g/mol. The lowest BCUT2D eigenvalue weighted by molar-refractivity contribution is -0.133. The fourth-order valence-corrected chi connectivity index (χ4v) is 3.73. The molecule has 0 radical (unpaired) electrons.